The Bertz CT molecular complexity index is 460. The third kappa shape index (κ3) is 3.19. The maximum Gasteiger partial charge on any atom is 0.263 e. The van der Waals surface area contributed by atoms with Gasteiger partial charge >= 0.3 is 0 Å². The number of nitrogen functional groups attached to an aromatic ring is 1. The molecule has 0 unspecified atom stereocenters. The van der Waals surface area contributed by atoms with Gasteiger partial charge in [-0.1, -0.05) is 0 Å². The first-order valence-corrected chi connectivity index (χ1v) is 7.39. The maximum absolute atomic E-state index is 11.8. The van der Waals surface area contributed by atoms with E-state index in [1.165, 1.54) is 11.3 Å². The van der Waals surface area contributed by atoms with E-state index in [0.717, 1.165) is 30.9 Å². The first kappa shape index (κ1) is 14.1. The molecule has 1 aliphatic heterocycles. The van der Waals surface area contributed by atoms with E-state index in [1.54, 1.807) is 0 Å². The van der Waals surface area contributed by atoms with Crippen molar-refractivity contribution in [2.24, 2.45) is 0 Å². The van der Waals surface area contributed by atoms with Gasteiger partial charge in [-0.25, -0.2) is 0 Å². The minimum Gasteiger partial charge on any atom is -0.397 e. The number of nitrogens with zero attached hydrogens (tertiary/aromatic N) is 1. The van der Waals surface area contributed by atoms with Crippen LogP contribution in [-0.2, 0) is 0 Å². The lowest BCUT2D eigenvalue weighted by Crippen LogP contribution is -2.42. The predicted octanol–water partition coefficient (Wildman–Crippen LogP) is 1.43. The van der Waals surface area contributed by atoms with Crippen LogP contribution in [0.2, 0.25) is 0 Å². The van der Waals surface area contributed by atoms with Crippen molar-refractivity contribution in [2.75, 3.05) is 30.3 Å². The third-order valence-electron chi connectivity index (χ3n) is 3.44. The molecular weight excluding hydrogens is 262 g/mol. The molecule has 1 aromatic heterocycles. The summed E-state index contributed by atoms with van der Waals surface area (Å²) in [6, 6.07) is 1.86. The van der Waals surface area contributed by atoms with Crippen molar-refractivity contribution in [3.63, 3.8) is 0 Å². The fraction of sp³-hybridized carbons (Fsp3) is 0.615. The zero-order valence-corrected chi connectivity index (χ0v) is 12.2. The molecule has 19 heavy (non-hydrogen) atoms. The van der Waals surface area contributed by atoms with Gasteiger partial charge in [0.05, 0.1) is 16.3 Å². The van der Waals surface area contributed by atoms with E-state index < -0.39 is 5.60 Å². The number of rotatable bonds is 3. The summed E-state index contributed by atoms with van der Waals surface area (Å²) < 4.78 is 0. The highest BCUT2D eigenvalue weighted by atomic mass is 32.1. The van der Waals surface area contributed by atoms with E-state index in [4.69, 9.17) is 5.73 Å². The highest BCUT2D eigenvalue weighted by Gasteiger charge is 2.28. The lowest BCUT2D eigenvalue weighted by atomic mass is 9.94. The van der Waals surface area contributed by atoms with Crippen molar-refractivity contribution in [1.29, 1.82) is 0 Å². The standard InChI is InChI=1S/C13H21N3O2S/c1-3-15-12(17)11-9(14)8-10(19-11)16-6-4-13(2,18)5-7-16/h8,18H,3-7,14H2,1-2H3,(H,15,17). The van der Waals surface area contributed by atoms with Gasteiger partial charge in [0, 0.05) is 19.6 Å². The Morgan fingerprint density at radius 3 is 2.79 bits per heavy atom. The molecule has 0 aliphatic carbocycles. The topological polar surface area (TPSA) is 78.6 Å². The maximum atomic E-state index is 11.8. The highest BCUT2D eigenvalue weighted by Crippen LogP contribution is 2.35. The number of anilines is 2. The molecule has 0 saturated carbocycles. The van der Waals surface area contributed by atoms with Gasteiger partial charge in [-0.05, 0) is 32.8 Å². The SMILES string of the molecule is CCNC(=O)c1sc(N2CCC(C)(O)CC2)cc1N. The summed E-state index contributed by atoms with van der Waals surface area (Å²) in [7, 11) is 0. The molecule has 1 aromatic rings. The predicted molar refractivity (Wildman–Crippen MR) is 78.8 cm³/mol. The Hall–Kier alpha value is -1.27. The van der Waals surface area contributed by atoms with Crippen LogP contribution in [0.15, 0.2) is 6.07 Å². The number of aliphatic hydroxyl groups is 1. The molecule has 106 valence electrons. The Labute approximate surface area is 117 Å². The average Bonchev–Trinajstić information content (AvgIpc) is 2.71. The number of carbonyl (C=O) groups excluding carboxylic acids is 1. The summed E-state index contributed by atoms with van der Waals surface area (Å²) in [5, 5.41) is 13.7. The van der Waals surface area contributed by atoms with Gasteiger partial charge < -0.3 is 21.1 Å². The number of thiophene rings is 1. The fourth-order valence-corrected chi connectivity index (χ4v) is 3.22. The molecule has 0 spiro atoms. The van der Waals surface area contributed by atoms with Crippen LogP contribution in [0.1, 0.15) is 36.4 Å². The number of amides is 1. The van der Waals surface area contributed by atoms with E-state index >= 15 is 0 Å². The Morgan fingerprint density at radius 2 is 2.21 bits per heavy atom. The monoisotopic (exact) mass is 283 g/mol. The summed E-state index contributed by atoms with van der Waals surface area (Å²) in [5.41, 5.74) is 5.87. The zero-order chi connectivity index (χ0) is 14.0. The summed E-state index contributed by atoms with van der Waals surface area (Å²) in [4.78, 5) is 14.6. The molecule has 1 amide bonds. The molecule has 2 rings (SSSR count). The van der Waals surface area contributed by atoms with Crippen molar-refractivity contribution < 1.29 is 9.90 Å². The van der Waals surface area contributed by atoms with Crippen molar-refractivity contribution in [3.05, 3.63) is 10.9 Å². The molecule has 1 aliphatic rings. The first-order valence-electron chi connectivity index (χ1n) is 6.58. The van der Waals surface area contributed by atoms with E-state index in [0.29, 0.717) is 17.1 Å². The summed E-state index contributed by atoms with van der Waals surface area (Å²) in [6.07, 6.45) is 1.47. The minimum absolute atomic E-state index is 0.111. The van der Waals surface area contributed by atoms with Gasteiger partial charge in [-0.3, -0.25) is 4.79 Å². The summed E-state index contributed by atoms with van der Waals surface area (Å²) in [6.45, 7) is 5.93. The van der Waals surface area contributed by atoms with Gasteiger partial charge in [-0.2, -0.15) is 0 Å². The van der Waals surface area contributed by atoms with Gasteiger partial charge in [-0.15, -0.1) is 11.3 Å². The van der Waals surface area contributed by atoms with Crippen LogP contribution < -0.4 is 16.0 Å². The van der Waals surface area contributed by atoms with Gasteiger partial charge in [0.15, 0.2) is 0 Å². The minimum atomic E-state index is -0.568. The Morgan fingerprint density at radius 1 is 1.58 bits per heavy atom. The second kappa shape index (κ2) is 5.38. The van der Waals surface area contributed by atoms with Crippen LogP contribution in [0.3, 0.4) is 0 Å². The number of hydrogen-bond acceptors (Lipinski definition) is 5. The van der Waals surface area contributed by atoms with Gasteiger partial charge in [0.25, 0.3) is 5.91 Å². The van der Waals surface area contributed by atoms with Gasteiger partial charge in [0.1, 0.15) is 4.88 Å². The van der Waals surface area contributed by atoms with Crippen LogP contribution in [0.4, 0.5) is 10.7 Å². The number of carbonyl (C=O) groups is 1. The molecule has 1 fully saturated rings. The smallest absolute Gasteiger partial charge is 0.263 e. The number of piperidine rings is 1. The van der Waals surface area contributed by atoms with Crippen LogP contribution in [-0.4, -0.2) is 36.2 Å². The lowest BCUT2D eigenvalue weighted by Gasteiger charge is -2.36. The van der Waals surface area contributed by atoms with E-state index in [-0.39, 0.29) is 5.91 Å². The number of nitrogens with one attached hydrogen (secondary N) is 1. The van der Waals surface area contributed by atoms with E-state index in [2.05, 4.69) is 10.2 Å². The van der Waals surface area contributed by atoms with E-state index in [1.807, 2.05) is 19.9 Å². The first-order chi connectivity index (χ1) is 8.93. The second-order valence-corrected chi connectivity index (χ2v) is 6.24. The third-order valence-corrected chi connectivity index (χ3v) is 4.65. The molecule has 6 heteroatoms. The highest BCUT2D eigenvalue weighted by molar-refractivity contribution is 7.18. The Balaban J connectivity index is 2.10. The quantitative estimate of drug-likeness (QED) is 0.784. The van der Waals surface area contributed by atoms with Crippen molar-refractivity contribution in [2.45, 2.75) is 32.3 Å². The second-order valence-electron chi connectivity index (χ2n) is 5.21. The number of hydrogen-bond donors (Lipinski definition) is 3. The molecule has 0 aromatic carbocycles. The van der Waals surface area contributed by atoms with Crippen LogP contribution in [0, 0.1) is 0 Å². The molecular formula is C13H21N3O2S. The van der Waals surface area contributed by atoms with Crippen molar-refractivity contribution in [1.82, 2.24) is 5.32 Å². The summed E-state index contributed by atoms with van der Waals surface area (Å²) >= 11 is 1.42. The fourth-order valence-electron chi connectivity index (χ4n) is 2.17. The largest absolute Gasteiger partial charge is 0.397 e. The van der Waals surface area contributed by atoms with Crippen molar-refractivity contribution >= 4 is 27.9 Å². The molecule has 0 radical (unpaired) electrons. The lowest BCUT2D eigenvalue weighted by molar-refractivity contribution is 0.0352. The normalized spacial score (nSPS) is 18.4. The summed E-state index contributed by atoms with van der Waals surface area (Å²) in [5.74, 6) is -0.111. The van der Waals surface area contributed by atoms with E-state index in [9.17, 15) is 9.90 Å². The van der Waals surface area contributed by atoms with Crippen molar-refractivity contribution in [3.8, 4) is 0 Å². The van der Waals surface area contributed by atoms with Gasteiger partial charge in [0.2, 0.25) is 0 Å². The molecule has 0 bridgehead atoms. The van der Waals surface area contributed by atoms with Crippen LogP contribution >= 0.6 is 11.3 Å². The zero-order valence-electron chi connectivity index (χ0n) is 11.4. The average molecular weight is 283 g/mol. The number of nitrogens with two attached hydrogens (primary N) is 1. The molecule has 1 saturated heterocycles. The Kier molecular flexibility index (Phi) is 4.01. The molecule has 0 atom stereocenters. The molecule has 5 nitrogen and oxygen atoms in total. The molecule has 4 N–H and O–H groups in total. The van der Waals surface area contributed by atoms with Crippen LogP contribution in [0.25, 0.3) is 0 Å². The van der Waals surface area contributed by atoms with Crippen LogP contribution in [0.5, 0.6) is 0 Å². The molecule has 2 heterocycles.